The topological polar surface area (TPSA) is 78.9 Å². The van der Waals surface area contributed by atoms with Gasteiger partial charge in [-0.25, -0.2) is 4.98 Å². The molecule has 1 aliphatic rings. The van der Waals surface area contributed by atoms with Crippen LogP contribution in [0.25, 0.3) is 22.6 Å². The summed E-state index contributed by atoms with van der Waals surface area (Å²) < 4.78 is 6.09. The zero-order valence-electron chi connectivity index (χ0n) is 21.1. The van der Waals surface area contributed by atoms with E-state index in [0.29, 0.717) is 45.4 Å². The molecule has 0 unspecified atom stereocenters. The lowest BCUT2D eigenvalue weighted by Crippen LogP contribution is -2.22. The summed E-state index contributed by atoms with van der Waals surface area (Å²) in [6.07, 6.45) is 4.92. The third-order valence-electron chi connectivity index (χ3n) is 7.22. The summed E-state index contributed by atoms with van der Waals surface area (Å²) in [7, 11) is 0. The number of hydrogen-bond donors (Lipinski definition) is 1. The number of carbonyl (C=O) groups is 1. The van der Waals surface area contributed by atoms with E-state index in [4.69, 9.17) is 4.42 Å². The summed E-state index contributed by atoms with van der Waals surface area (Å²) in [5.74, 6) is 1.20. The lowest BCUT2D eigenvalue weighted by molar-refractivity contribution is 0.0951. The van der Waals surface area contributed by atoms with Crippen molar-refractivity contribution in [3.63, 3.8) is 0 Å². The molecule has 1 saturated carbocycles. The molecule has 1 aliphatic carbocycles. The van der Waals surface area contributed by atoms with E-state index in [1.165, 1.54) is 31.2 Å². The number of aromatic nitrogens is 1. The van der Waals surface area contributed by atoms with Crippen molar-refractivity contribution in [1.29, 1.82) is 5.26 Å². The minimum absolute atomic E-state index is 0.121. The maximum atomic E-state index is 12.8. The molecule has 188 valence electrons. The lowest BCUT2D eigenvalue weighted by atomic mass is 9.84. The van der Waals surface area contributed by atoms with Crippen molar-refractivity contribution in [2.24, 2.45) is 0 Å². The van der Waals surface area contributed by atoms with Crippen molar-refractivity contribution in [2.45, 2.75) is 62.7 Å². The second kappa shape index (κ2) is 10.9. The van der Waals surface area contributed by atoms with Crippen molar-refractivity contribution >= 4 is 32.9 Å². The number of fused-ring (bicyclic) bond motifs is 1. The maximum absolute atomic E-state index is 12.8. The highest BCUT2D eigenvalue weighted by molar-refractivity contribution is 9.09. The van der Waals surface area contributed by atoms with E-state index in [1.54, 1.807) is 18.2 Å². The van der Waals surface area contributed by atoms with Crippen molar-refractivity contribution in [2.75, 3.05) is 0 Å². The maximum Gasteiger partial charge on any atom is 0.251 e. The van der Waals surface area contributed by atoms with Gasteiger partial charge >= 0.3 is 0 Å². The molecule has 4 aromatic rings. The first-order valence-corrected chi connectivity index (χ1v) is 13.8. The van der Waals surface area contributed by atoms with Crippen LogP contribution in [0.2, 0.25) is 0 Å². The van der Waals surface area contributed by atoms with Gasteiger partial charge in [0.2, 0.25) is 5.89 Å². The Morgan fingerprint density at radius 1 is 1.08 bits per heavy atom. The summed E-state index contributed by atoms with van der Waals surface area (Å²) in [6.45, 7) is 4.62. The zero-order valence-corrected chi connectivity index (χ0v) is 22.7. The smallest absolute Gasteiger partial charge is 0.251 e. The van der Waals surface area contributed by atoms with Gasteiger partial charge in [0.05, 0.1) is 11.6 Å². The van der Waals surface area contributed by atoms with Gasteiger partial charge in [0, 0.05) is 28.1 Å². The van der Waals surface area contributed by atoms with Crippen LogP contribution in [0.4, 0.5) is 0 Å². The van der Waals surface area contributed by atoms with Crippen LogP contribution >= 0.6 is 15.9 Å². The number of rotatable bonds is 6. The van der Waals surface area contributed by atoms with Gasteiger partial charge < -0.3 is 9.73 Å². The summed E-state index contributed by atoms with van der Waals surface area (Å²) in [4.78, 5) is 18.0. The number of nitriles is 1. The first-order valence-electron chi connectivity index (χ1n) is 12.9. The highest BCUT2D eigenvalue weighted by Gasteiger charge is 2.20. The summed E-state index contributed by atoms with van der Waals surface area (Å²) >= 11 is 3.73. The standard InChI is InChI=1S/C31H30BrN3O2/c1-19(2)27-15-21(17-33)16-28-29(27)37-31(35-28)25-9-7-24(8-10-25)30(36)34-18-20-3-5-22(6-4-20)23-11-13-26(32)14-12-23/h3-10,15-16,19,23,26H,11-14,18H2,1-2H3,(H,34,36). The molecular weight excluding hydrogens is 526 g/mol. The molecule has 0 bridgehead atoms. The fraction of sp³-hybridized carbons (Fsp3) is 0.323. The Morgan fingerprint density at radius 3 is 2.43 bits per heavy atom. The molecule has 5 nitrogen and oxygen atoms in total. The Morgan fingerprint density at radius 2 is 1.78 bits per heavy atom. The van der Waals surface area contributed by atoms with Crippen LogP contribution in [0.3, 0.4) is 0 Å². The zero-order chi connectivity index (χ0) is 25.9. The molecule has 5 rings (SSSR count). The molecule has 1 amide bonds. The fourth-order valence-corrected chi connectivity index (χ4v) is 5.55. The van der Waals surface area contributed by atoms with Crippen LogP contribution in [-0.4, -0.2) is 15.7 Å². The number of alkyl halides is 1. The van der Waals surface area contributed by atoms with E-state index in [9.17, 15) is 10.1 Å². The lowest BCUT2D eigenvalue weighted by Gasteiger charge is -2.25. The Hall–Kier alpha value is -3.43. The Bertz CT molecular complexity index is 1440. The Balaban J connectivity index is 1.24. The summed E-state index contributed by atoms with van der Waals surface area (Å²) in [5.41, 5.74) is 6.75. The molecule has 1 heterocycles. The van der Waals surface area contributed by atoms with Crippen molar-refractivity contribution in [3.05, 3.63) is 88.5 Å². The second-order valence-corrected chi connectivity index (χ2v) is 11.4. The van der Waals surface area contributed by atoms with Crippen LogP contribution in [0.5, 0.6) is 0 Å². The van der Waals surface area contributed by atoms with Gasteiger partial charge in [-0.3, -0.25) is 4.79 Å². The van der Waals surface area contributed by atoms with E-state index in [-0.39, 0.29) is 11.8 Å². The molecule has 0 radical (unpaired) electrons. The third-order valence-corrected chi connectivity index (χ3v) is 8.14. The van der Waals surface area contributed by atoms with Crippen LogP contribution in [-0.2, 0) is 6.54 Å². The molecule has 3 aromatic carbocycles. The normalized spacial score (nSPS) is 17.6. The van der Waals surface area contributed by atoms with Crippen LogP contribution in [0.15, 0.2) is 65.1 Å². The molecule has 0 spiro atoms. The molecule has 0 saturated heterocycles. The van der Waals surface area contributed by atoms with Crippen LogP contribution in [0, 0.1) is 11.3 Å². The molecule has 0 atom stereocenters. The van der Waals surface area contributed by atoms with Crippen LogP contribution in [0.1, 0.15) is 84.0 Å². The first kappa shape index (κ1) is 25.2. The molecule has 1 N–H and O–H groups in total. The number of hydrogen-bond acceptors (Lipinski definition) is 4. The Kier molecular flexibility index (Phi) is 7.43. The van der Waals surface area contributed by atoms with E-state index < -0.39 is 0 Å². The predicted molar refractivity (Wildman–Crippen MR) is 150 cm³/mol. The van der Waals surface area contributed by atoms with Gasteiger partial charge in [-0.1, -0.05) is 54.0 Å². The van der Waals surface area contributed by atoms with Crippen molar-refractivity contribution < 1.29 is 9.21 Å². The van der Waals surface area contributed by atoms with E-state index >= 15 is 0 Å². The van der Waals surface area contributed by atoms with Gasteiger partial charge in [-0.05, 0) is 85.0 Å². The molecule has 37 heavy (non-hydrogen) atoms. The first-order chi connectivity index (χ1) is 17.9. The van der Waals surface area contributed by atoms with Crippen LogP contribution < -0.4 is 5.32 Å². The predicted octanol–water partition coefficient (Wildman–Crippen LogP) is 7.84. The van der Waals surface area contributed by atoms with Crippen molar-refractivity contribution in [3.8, 4) is 17.5 Å². The molecule has 0 aliphatic heterocycles. The molecular formula is C31H30BrN3O2. The average Bonchev–Trinajstić information content (AvgIpc) is 3.36. The highest BCUT2D eigenvalue weighted by atomic mass is 79.9. The number of benzene rings is 3. The second-order valence-electron chi connectivity index (χ2n) is 10.1. The number of oxazole rings is 1. The Labute approximate surface area is 226 Å². The van der Waals surface area contributed by atoms with Gasteiger partial charge in [0.1, 0.15) is 5.52 Å². The minimum atomic E-state index is -0.121. The monoisotopic (exact) mass is 555 g/mol. The van der Waals surface area contributed by atoms with E-state index in [0.717, 1.165) is 16.7 Å². The van der Waals surface area contributed by atoms with Crippen molar-refractivity contribution in [1.82, 2.24) is 10.3 Å². The molecule has 1 aromatic heterocycles. The quantitative estimate of drug-likeness (QED) is 0.246. The average molecular weight is 557 g/mol. The fourth-order valence-electron chi connectivity index (χ4n) is 5.02. The third kappa shape index (κ3) is 5.62. The van der Waals surface area contributed by atoms with E-state index in [1.807, 2.05) is 18.2 Å². The van der Waals surface area contributed by atoms with Gasteiger partial charge in [-0.2, -0.15) is 5.26 Å². The number of nitrogens with one attached hydrogen (secondary N) is 1. The van der Waals surface area contributed by atoms with E-state index in [2.05, 4.69) is 70.4 Å². The number of carbonyl (C=O) groups excluding carboxylic acids is 1. The summed E-state index contributed by atoms with van der Waals surface area (Å²) in [6, 6.07) is 21.7. The minimum Gasteiger partial charge on any atom is -0.436 e. The molecule has 1 fully saturated rings. The highest BCUT2D eigenvalue weighted by Crippen LogP contribution is 2.35. The van der Waals surface area contributed by atoms with Gasteiger partial charge in [0.25, 0.3) is 5.91 Å². The number of nitrogens with zero attached hydrogens (tertiary/aromatic N) is 2. The van der Waals surface area contributed by atoms with Gasteiger partial charge in [-0.15, -0.1) is 0 Å². The number of amides is 1. The number of halogens is 1. The SMILES string of the molecule is CC(C)c1cc(C#N)cc2nc(-c3ccc(C(=O)NCc4ccc(C5CCC(Br)CC5)cc4)cc3)oc12. The van der Waals surface area contributed by atoms with Gasteiger partial charge in [0.15, 0.2) is 5.58 Å². The molecule has 6 heteroatoms. The largest absolute Gasteiger partial charge is 0.436 e. The summed E-state index contributed by atoms with van der Waals surface area (Å²) in [5, 5.41) is 12.4.